The smallest absolute Gasteiger partial charge is 0.305 e. The van der Waals surface area contributed by atoms with E-state index in [-0.39, 0.29) is 23.7 Å². The molecule has 1 aliphatic heterocycles. The molecule has 2 rings (SSSR count). The Kier molecular flexibility index (Phi) is 4.13. The Morgan fingerprint density at radius 1 is 1.19 bits per heavy atom. The average Bonchev–Trinajstić information content (AvgIpc) is 2.73. The molecule has 1 atom stereocenters. The standard InChI is InChI=1S/C16H25NO4/c1-15(2,3)11(8-14(20)21)17-12(18)9-16(10-13(17)19)6-4-5-7-16/h11H,4-10H2,1-3H3,(H,20,21). The largest absolute Gasteiger partial charge is 0.481 e. The predicted octanol–water partition coefficient (Wildman–Crippen LogP) is 2.59. The summed E-state index contributed by atoms with van der Waals surface area (Å²) in [5.74, 6) is -1.35. The minimum atomic E-state index is -0.975. The van der Waals surface area contributed by atoms with Crippen LogP contribution in [0.1, 0.15) is 65.7 Å². The molecule has 0 radical (unpaired) electrons. The van der Waals surface area contributed by atoms with Crippen molar-refractivity contribution in [3.63, 3.8) is 0 Å². The average molecular weight is 295 g/mol. The second-order valence-corrected chi connectivity index (χ2v) is 7.70. The number of hydrogen-bond acceptors (Lipinski definition) is 3. The second-order valence-electron chi connectivity index (χ2n) is 7.70. The molecule has 1 aliphatic carbocycles. The van der Waals surface area contributed by atoms with Gasteiger partial charge in [-0.05, 0) is 23.7 Å². The van der Waals surface area contributed by atoms with Gasteiger partial charge in [-0.3, -0.25) is 19.3 Å². The molecule has 0 aromatic heterocycles. The molecule has 2 fully saturated rings. The summed E-state index contributed by atoms with van der Waals surface area (Å²) < 4.78 is 0. The van der Waals surface area contributed by atoms with Crippen LogP contribution in [0.5, 0.6) is 0 Å². The van der Waals surface area contributed by atoms with Crippen molar-refractivity contribution in [2.45, 2.75) is 71.8 Å². The van der Waals surface area contributed by atoms with Crippen LogP contribution >= 0.6 is 0 Å². The van der Waals surface area contributed by atoms with Crippen LogP contribution < -0.4 is 0 Å². The minimum absolute atomic E-state index is 0.143. The fraction of sp³-hybridized carbons (Fsp3) is 0.812. The van der Waals surface area contributed by atoms with Gasteiger partial charge < -0.3 is 5.11 Å². The third kappa shape index (κ3) is 3.27. The highest BCUT2D eigenvalue weighted by atomic mass is 16.4. The lowest BCUT2D eigenvalue weighted by molar-refractivity contribution is -0.160. The van der Waals surface area contributed by atoms with E-state index in [0.29, 0.717) is 12.8 Å². The molecule has 5 heteroatoms. The second kappa shape index (κ2) is 5.43. The molecule has 0 aromatic carbocycles. The SMILES string of the molecule is CC(C)(C)C(CC(=O)O)N1C(=O)CC2(CCCC2)CC1=O. The zero-order valence-electron chi connectivity index (χ0n) is 13.1. The van der Waals surface area contributed by atoms with Crippen LogP contribution in [0.25, 0.3) is 0 Å². The van der Waals surface area contributed by atoms with E-state index in [1.807, 2.05) is 20.8 Å². The van der Waals surface area contributed by atoms with Crippen LogP contribution in [0.3, 0.4) is 0 Å². The van der Waals surface area contributed by atoms with Crippen LogP contribution in [0.4, 0.5) is 0 Å². The Bertz CT molecular complexity index is 437. The molecule has 1 saturated heterocycles. The number of amides is 2. The maximum atomic E-state index is 12.5. The number of nitrogens with zero attached hydrogens (tertiary/aromatic N) is 1. The van der Waals surface area contributed by atoms with Crippen LogP contribution in [0, 0.1) is 10.8 Å². The fourth-order valence-corrected chi connectivity index (χ4v) is 3.79. The normalized spacial score (nSPS) is 23.7. The van der Waals surface area contributed by atoms with Gasteiger partial charge in [0.2, 0.25) is 11.8 Å². The first-order valence-electron chi connectivity index (χ1n) is 7.71. The van der Waals surface area contributed by atoms with Crippen LogP contribution in [-0.2, 0) is 14.4 Å². The van der Waals surface area contributed by atoms with Gasteiger partial charge in [0, 0.05) is 12.8 Å². The van der Waals surface area contributed by atoms with Gasteiger partial charge in [-0.1, -0.05) is 33.6 Å². The van der Waals surface area contributed by atoms with Crippen molar-refractivity contribution in [1.29, 1.82) is 0 Å². The van der Waals surface area contributed by atoms with Crippen molar-refractivity contribution < 1.29 is 19.5 Å². The van der Waals surface area contributed by atoms with Gasteiger partial charge in [-0.15, -0.1) is 0 Å². The Morgan fingerprint density at radius 3 is 2.05 bits per heavy atom. The maximum Gasteiger partial charge on any atom is 0.305 e. The quantitative estimate of drug-likeness (QED) is 0.812. The van der Waals surface area contributed by atoms with Gasteiger partial charge in [0.05, 0.1) is 12.5 Å². The Morgan fingerprint density at radius 2 is 1.67 bits per heavy atom. The number of carboxylic acid groups (broad SMARTS) is 1. The lowest BCUT2D eigenvalue weighted by Crippen LogP contribution is -2.56. The summed E-state index contributed by atoms with van der Waals surface area (Å²) in [6.45, 7) is 5.63. The van der Waals surface area contributed by atoms with Crippen molar-refractivity contribution in [2.24, 2.45) is 10.8 Å². The van der Waals surface area contributed by atoms with E-state index >= 15 is 0 Å². The van der Waals surface area contributed by atoms with E-state index in [0.717, 1.165) is 25.7 Å². The maximum absolute atomic E-state index is 12.5. The monoisotopic (exact) mass is 295 g/mol. The molecule has 1 saturated carbocycles. The van der Waals surface area contributed by atoms with E-state index in [9.17, 15) is 14.4 Å². The van der Waals surface area contributed by atoms with Crippen LogP contribution in [0.15, 0.2) is 0 Å². The lowest BCUT2D eigenvalue weighted by atomic mass is 9.74. The number of aliphatic carboxylic acids is 1. The molecule has 5 nitrogen and oxygen atoms in total. The van der Waals surface area contributed by atoms with Gasteiger partial charge in [0.1, 0.15) is 0 Å². The molecule has 2 amide bonds. The molecule has 0 aromatic rings. The van der Waals surface area contributed by atoms with Crippen molar-refractivity contribution in [1.82, 2.24) is 4.90 Å². The summed E-state index contributed by atoms with van der Waals surface area (Å²) in [4.78, 5) is 37.5. The lowest BCUT2D eigenvalue weighted by Gasteiger charge is -2.44. The van der Waals surface area contributed by atoms with Crippen molar-refractivity contribution in [3.8, 4) is 0 Å². The van der Waals surface area contributed by atoms with E-state index in [2.05, 4.69) is 0 Å². The van der Waals surface area contributed by atoms with E-state index in [4.69, 9.17) is 5.11 Å². The third-order valence-electron chi connectivity index (χ3n) is 4.93. The summed E-state index contributed by atoms with van der Waals surface area (Å²) in [6.07, 6.45) is 4.65. The van der Waals surface area contributed by atoms with Crippen molar-refractivity contribution >= 4 is 17.8 Å². The summed E-state index contributed by atoms with van der Waals surface area (Å²) in [6, 6.07) is -0.575. The zero-order chi connectivity index (χ0) is 15.8. The fourth-order valence-electron chi connectivity index (χ4n) is 3.79. The molecule has 2 aliphatic rings. The molecular formula is C16H25NO4. The summed E-state index contributed by atoms with van der Waals surface area (Å²) in [5.41, 5.74) is -0.583. The number of hydrogen-bond donors (Lipinski definition) is 1. The molecule has 1 spiro atoms. The minimum Gasteiger partial charge on any atom is -0.481 e. The Balaban J connectivity index is 2.23. The van der Waals surface area contributed by atoms with E-state index in [1.54, 1.807) is 0 Å². The molecule has 21 heavy (non-hydrogen) atoms. The summed E-state index contributed by atoms with van der Waals surface area (Å²) >= 11 is 0. The Hall–Kier alpha value is -1.39. The van der Waals surface area contributed by atoms with Gasteiger partial charge in [0.15, 0.2) is 0 Å². The zero-order valence-corrected chi connectivity index (χ0v) is 13.1. The number of rotatable bonds is 3. The molecule has 0 bridgehead atoms. The highest BCUT2D eigenvalue weighted by Gasteiger charge is 2.49. The molecular weight excluding hydrogens is 270 g/mol. The molecule has 1 N–H and O–H groups in total. The molecule has 118 valence electrons. The molecule has 1 heterocycles. The van der Waals surface area contributed by atoms with Crippen LogP contribution in [-0.4, -0.2) is 33.8 Å². The summed E-state index contributed by atoms with van der Waals surface area (Å²) in [7, 11) is 0. The first-order chi connectivity index (χ1) is 9.65. The Labute approximate surface area is 125 Å². The van der Waals surface area contributed by atoms with Gasteiger partial charge in [-0.25, -0.2) is 0 Å². The van der Waals surface area contributed by atoms with Gasteiger partial charge >= 0.3 is 5.97 Å². The molecule has 1 unspecified atom stereocenters. The topological polar surface area (TPSA) is 74.7 Å². The first-order valence-corrected chi connectivity index (χ1v) is 7.71. The van der Waals surface area contributed by atoms with Gasteiger partial charge in [0.25, 0.3) is 0 Å². The van der Waals surface area contributed by atoms with E-state index < -0.39 is 17.4 Å². The highest BCUT2D eigenvalue weighted by Crippen LogP contribution is 2.48. The van der Waals surface area contributed by atoms with Gasteiger partial charge in [-0.2, -0.15) is 0 Å². The number of carboxylic acids is 1. The van der Waals surface area contributed by atoms with Crippen molar-refractivity contribution in [2.75, 3.05) is 0 Å². The number of piperidine rings is 1. The number of carbonyl (C=O) groups excluding carboxylic acids is 2. The summed E-state index contributed by atoms with van der Waals surface area (Å²) in [5, 5.41) is 9.11. The number of imide groups is 1. The number of likely N-dealkylation sites (tertiary alicyclic amines) is 1. The first kappa shape index (κ1) is 16.0. The third-order valence-corrected chi connectivity index (χ3v) is 4.93. The van der Waals surface area contributed by atoms with E-state index in [1.165, 1.54) is 4.90 Å². The number of carbonyl (C=O) groups is 3. The highest BCUT2D eigenvalue weighted by molar-refractivity contribution is 5.99. The van der Waals surface area contributed by atoms with Crippen LogP contribution in [0.2, 0.25) is 0 Å². The predicted molar refractivity (Wildman–Crippen MR) is 77.5 cm³/mol. The van der Waals surface area contributed by atoms with Crippen molar-refractivity contribution in [3.05, 3.63) is 0 Å².